The second kappa shape index (κ2) is 11.1. The van der Waals surface area contributed by atoms with Crippen molar-refractivity contribution in [2.24, 2.45) is 4.99 Å². The van der Waals surface area contributed by atoms with Crippen LogP contribution in [0.1, 0.15) is 54.4 Å². The van der Waals surface area contributed by atoms with E-state index in [9.17, 15) is 27.6 Å². The number of carbonyl (C=O) groups is 4. The van der Waals surface area contributed by atoms with Crippen molar-refractivity contribution >= 4 is 49.8 Å². The number of nitrogens with zero attached hydrogens (tertiary/aromatic N) is 3. The lowest BCUT2D eigenvalue weighted by Gasteiger charge is -2.28. The van der Waals surface area contributed by atoms with Gasteiger partial charge in [0.1, 0.15) is 12.1 Å². The van der Waals surface area contributed by atoms with Crippen molar-refractivity contribution in [2.75, 3.05) is 13.1 Å². The standard InChI is InChI=1S/C29H32N4O6S2/c1-29(2,3)19-10-8-18(9-11-19)26(36)31-21(16-20-6-5-15-40-20)28(37)32-14-12-22-25(32)24(35)17-33(22)41(38,39)27-23(34)7-4-13-30-27/h4-6,8-11,13,15,21-22,25H,7,12,14,16-17H2,1-3H3,(H,31,36). The van der Waals surface area contributed by atoms with Crippen LogP contribution < -0.4 is 5.32 Å². The number of fused-ring (bicyclic) bond motifs is 1. The van der Waals surface area contributed by atoms with Gasteiger partial charge in [-0.15, -0.1) is 11.3 Å². The van der Waals surface area contributed by atoms with Crippen LogP contribution in [0, 0.1) is 0 Å². The van der Waals surface area contributed by atoms with E-state index in [4.69, 9.17) is 0 Å². The summed E-state index contributed by atoms with van der Waals surface area (Å²) in [6.07, 6.45) is 3.11. The summed E-state index contributed by atoms with van der Waals surface area (Å²) in [7, 11) is -4.32. The number of hydrogen-bond donors (Lipinski definition) is 1. The van der Waals surface area contributed by atoms with Gasteiger partial charge in [0.2, 0.25) is 11.0 Å². The first-order chi connectivity index (χ1) is 19.4. The number of Topliss-reactive ketones (excluding diaryl/α,β-unsaturated/α-hetero) is 2. The Balaban J connectivity index is 1.37. The number of nitrogens with one attached hydrogen (secondary N) is 1. The van der Waals surface area contributed by atoms with E-state index in [1.165, 1.54) is 28.5 Å². The molecule has 12 heteroatoms. The number of ketones is 2. The molecule has 2 aromatic rings. The molecule has 0 aliphatic carbocycles. The molecule has 2 saturated heterocycles. The monoisotopic (exact) mass is 596 g/mol. The van der Waals surface area contributed by atoms with Gasteiger partial charge in [0.05, 0.1) is 12.6 Å². The van der Waals surface area contributed by atoms with Gasteiger partial charge in [0, 0.05) is 36.0 Å². The number of rotatable bonds is 6. The first kappa shape index (κ1) is 29.0. The molecule has 4 heterocycles. The van der Waals surface area contributed by atoms with Crippen molar-refractivity contribution in [1.82, 2.24) is 14.5 Å². The predicted octanol–water partition coefficient (Wildman–Crippen LogP) is 2.46. The van der Waals surface area contributed by atoms with E-state index in [1.807, 2.05) is 29.6 Å². The van der Waals surface area contributed by atoms with Gasteiger partial charge >= 0.3 is 0 Å². The highest BCUT2D eigenvalue weighted by Gasteiger charge is 2.55. The van der Waals surface area contributed by atoms with Crippen molar-refractivity contribution in [2.45, 2.75) is 63.6 Å². The SMILES string of the molecule is CC(C)(C)c1ccc(C(=O)NC(Cc2cccs2)C(=O)N2CCC3C2C(=O)CN3S(=O)(=O)C2=NC=CCC2=O)cc1. The van der Waals surface area contributed by atoms with Crippen LogP contribution in [-0.2, 0) is 36.2 Å². The van der Waals surface area contributed by atoms with Crippen molar-refractivity contribution in [1.29, 1.82) is 0 Å². The van der Waals surface area contributed by atoms with E-state index in [-0.39, 0.29) is 31.2 Å². The van der Waals surface area contributed by atoms with E-state index >= 15 is 0 Å². The molecule has 0 spiro atoms. The molecule has 3 unspecified atom stereocenters. The van der Waals surface area contributed by atoms with Gasteiger partial charge < -0.3 is 10.2 Å². The molecule has 5 rings (SSSR count). The molecule has 3 atom stereocenters. The molecule has 2 amide bonds. The molecule has 10 nitrogen and oxygen atoms in total. The van der Waals surface area contributed by atoms with Crippen LogP contribution in [0.3, 0.4) is 0 Å². The number of thiophene rings is 1. The zero-order valence-corrected chi connectivity index (χ0v) is 24.7. The Morgan fingerprint density at radius 2 is 1.88 bits per heavy atom. The fraction of sp³-hybridized carbons (Fsp3) is 0.414. The molecule has 2 fully saturated rings. The van der Waals surface area contributed by atoms with Crippen molar-refractivity contribution < 1.29 is 27.6 Å². The predicted molar refractivity (Wildman–Crippen MR) is 155 cm³/mol. The van der Waals surface area contributed by atoms with E-state index < -0.39 is 63.1 Å². The van der Waals surface area contributed by atoms with E-state index in [0.717, 1.165) is 14.7 Å². The van der Waals surface area contributed by atoms with Gasteiger partial charge in [-0.2, -0.15) is 4.31 Å². The first-order valence-corrected chi connectivity index (χ1v) is 15.7. The average molecular weight is 597 g/mol. The third kappa shape index (κ3) is 5.68. The Morgan fingerprint density at radius 3 is 2.51 bits per heavy atom. The second-order valence-corrected chi connectivity index (χ2v) is 14.3. The van der Waals surface area contributed by atoms with Crippen LogP contribution in [0.5, 0.6) is 0 Å². The van der Waals surface area contributed by atoms with E-state index in [2.05, 4.69) is 31.1 Å². The quantitative estimate of drug-likeness (QED) is 0.545. The minimum absolute atomic E-state index is 0.0816. The summed E-state index contributed by atoms with van der Waals surface area (Å²) < 4.78 is 27.7. The molecule has 1 N–H and O–H groups in total. The zero-order valence-electron chi connectivity index (χ0n) is 23.1. The molecular formula is C29H32N4O6S2. The van der Waals surface area contributed by atoms with Crippen LogP contribution in [-0.4, -0.2) is 77.3 Å². The first-order valence-electron chi connectivity index (χ1n) is 13.4. The molecule has 0 radical (unpaired) electrons. The highest BCUT2D eigenvalue weighted by Crippen LogP contribution is 2.33. The molecule has 3 aliphatic rings. The Morgan fingerprint density at radius 1 is 1.15 bits per heavy atom. The fourth-order valence-electron chi connectivity index (χ4n) is 5.50. The number of amides is 2. The van der Waals surface area contributed by atoms with E-state index in [0.29, 0.717) is 5.56 Å². The molecule has 0 bridgehead atoms. The van der Waals surface area contributed by atoms with Crippen LogP contribution in [0.4, 0.5) is 0 Å². The zero-order chi connectivity index (χ0) is 29.5. The number of allylic oxidation sites excluding steroid dienone is 1. The smallest absolute Gasteiger partial charge is 0.264 e. The van der Waals surface area contributed by atoms with Gasteiger partial charge in [0.25, 0.3) is 15.9 Å². The van der Waals surface area contributed by atoms with Gasteiger partial charge in [-0.1, -0.05) is 45.0 Å². The van der Waals surface area contributed by atoms with Crippen LogP contribution in [0.25, 0.3) is 0 Å². The Hall–Kier alpha value is -3.48. The van der Waals surface area contributed by atoms with Crippen molar-refractivity contribution in [3.8, 4) is 0 Å². The van der Waals surface area contributed by atoms with Crippen molar-refractivity contribution in [3.05, 3.63) is 70.1 Å². The molecule has 1 aromatic heterocycles. The maximum atomic E-state index is 13.9. The molecular weight excluding hydrogens is 564 g/mol. The topological polar surface area (TPSA) is 133 Å². The molecule has 216 valence electrons. The maximum absolute atomic E-state index is 13.9. The normalized spacial score (nSPS) is 22.0. The highest BCUT2D eigenvalue weighted by atomic mass is 32.2. The lowest BCUT2D eigenvalue weighted by atomic mass is 9.86. The fourth-order valence-corrected chi connectivity index (χ4v) is 7.91. The van der Waals surface area contributed by atoms with Gasteiger partial charge in [-0.3, -0.25) is 19.2 Å². The summed E-state index contributed by atoms with van der Waals surface area (Å²) >= 11 is 1.45. The average Bonchev–Trinajstić information content (AvgIpc) is 3.67. The third-order valence-corrected chi connectivity index (χ3v) is 10.4. The summed E-state index contributed by atoms with van der Waals surface area (Å²) in [6, 6.07) is 8.18. The summed E-state index contributed by atoms with van der Waals surface area (Å²) in [5, 5.41) is 4.16. The Bertz CT molecular complexity index is 1540. The number of aliphatic imine (C=N–C) groups is 1. The summed E-state index contributed by atoms with van der Waals surface area (Å²) in [5.41, 5.74) is 1.39. The minimum atomic E-state index is -4.32. The summed E-state index contributed by atoms with van der Waals surface area (Å²) in [6.45, 7) is 5.93. The number of benzene rings is 1. The lowest BCUT2D eigenvalue weighted by molar-refractivity contribution is -0.138. The maximum Gasteiger partial charge on any atom is 0.264 e. The summed E-state index contributed by atoms with van der Waals surface area (Å²) in [5.74, 6) is -1.93. The Labute approximate surface area is 243 Å². The second-order valence-electron chi connectivity index (χ2n) is 11.4. The van der Waals surface area contributed by atoms with Gasteiger partial charge in [-0.25, -0.2) is 13.4 Å². The van der Waals surface area contributed by atoms with Crippen LogP contribution >= 0.6 is 11.3 Å². The van der Waals surface area contributed by atoms with Crippen LogP contribution in [0.15, 0.2) is 59.0 Å². The lowest BCUT2D eigenvalue weighted by Crippen LogP contribution is -2.53. The van der Waals surface area contributed by atoms with Crippen LogP contribution in [0.2, 0.25) is 0 Å². The van der Waals surface area contributed by atoms with Gasteiger partial charge in [0.15, 0.2) is 11.6 Å². The van der Waals surface area contributed by atoms with Crippen molar-refractivity contribution in [3.63, 3.8) is 0 Å². The largest absolute Gasteiger partial charge is 0.340 e. The van der Waals surface area contributed by atoms with E-state index in [1.54, 1.807) is 12.1 Å². The molecule has 0 saturated carbocycles. The number of likely N-dealkylation sites (tertiary alicyclic amines) is 1. The summed E-state index contributed by atoms with van der Waals surface area (Å²) in [4.78, 5) is 58.7. The highest BCUT2D eigenvalue weighted by molar-refractivity contribution is 8.06. The number of carbonyl (C=O) groups excluding carboxylic acids is 4. The number of sulfonamides is 1. The minimum Gasteiger partial charge on any atom is -0.340 e. The molecule has 41 heavy (non-hydrogen) atoms. The van der Waals surface area contributed by atoms with Gasteiger partial charge in [-0.05, 0) is 41.0 Å². The molecule has 1 aromatic carbocycles. The number of hydrogen-bond acceptors (Lipinski definition) is 8. The third-order valence-electron chi connectivity index (χ3n) is 7.65. The molecule has 3 aliphatic heterocycles. The Kier molecular flexibility index (Phi) is 7.84.